The van der Waals surface area contributed by atoms with Gasteiger partial charge in [-0.2, -0.15) is 0 Å². The van der Waals surface area contributed by atoms with Gasteiger partial charge < -0.3 is 9.84 Å². The predicted molar refractivity (Wildman–Crippen MR) is 107 cm³/mol. The van der Waals surface area contributed by atoms with Crippen LogP contribution in [0.5, 0.6) is 11.5 Å². The van der Waals surface area contributed by atoms with Gasteiger partial charge in [0.2, 0.25) is 0 Å². The van der Waals surface area contributed by atoms with E-state index in [9.17, 15) is 9.90 Å². The van der Waals surface area contributed by atoms with E-state index in [0.717, 1.165) is 33.2 Å². The molecular formula is C24H18O3. The van der Waals surface area contributed by atoms with Gasteiger partial charge in [-0.25, -0.2) is 0 Å². The second kappa shape index (κ2) is 7.34. The lowest BCUT2D eigenvalue weighted by atomic mass is 9.99. The maximum absolute atomic E-state index is 11.1. The number of aldehydes is 1. The fourth-order valence-electron chi connectivity index (χ4n) is 3.06. The molecule has 0 aliphatic rings. The van der Waals surface area contributed by atoms with Crippen molar-refractivity contribution in [1.82, 2.24) is 0 Å². The molecule has 0 spiro atoms. The van der Waals surface area contributed by atoms with Gasteiger partial charge in [-0.1, -0.05) is 54.6 Å². The molecule has 3 heteroatoms. The van der Waals surface area contributed by atoms with Gasteiger partial charge in [0.1, 0.15) is 18.1 Å². The minimum atomic E-state index is -0.00486. The van der Waals surface area contributed by atoms with Crippen molar-refractivity contribution in [1.29, 1.82) is 0 Å². The molecule has 3 nitrogen and oxygen atoms in total. The van der Waals surface area contributed by atoms with Gasteiger partial charge >= 0.3 is 0 Å². The summed E-state index contributed by atoms with van der Waals surface area (Å²) in [7, 11) is 0. The second-order valence-electron chi connectivity index (χ2n) is 6.39. The van der Waals surface area contributed by atoms with Gasteiger partial charge in [-0.3, -0.25) is 4.79 Å². The van der Waals surface area contributed by atoms with E-state index in [-0.39, 0.29) is 11.3 Å². The van der Waals surface area contributed by atoms with Crippen LogP contribution >= 0.6 is 0 Å². The molecule has 4 rings (SSSR count). The number of benzene rings is 4. The van der Waals surface area contributed by atoms with Gasteiger partial charge in [0.05, 0.1) is 5.56 Å². The third-order valence-corrected chi connectivity index (χ3v) is 4.55. The summed E-state index contributed by atoms with van der Waals surface area (Å²) >= 11 is 0. The Morgan fingerprint density at radius 3 is 2.30 bits per heavy atom. The van der Waals surface area contributed by atoms with E-state index in [1.54, 1.807) is 18.2 Å². The Hall–Kier alpha value is -3.59. The first kappa shape index (κ1) is 16.9. The highest BCUT2D eigenvalue weighted by Crippen LogP contribution is 2.29. The first-order chi connectivity index (χ1) is 13.2. The summed E-state index contributed by atoms with van der Waals surface area (Å²) < 4.78 is 5.89. The number of hydrogen-bond acceptors (Lipinski definition) is 3. The number of rotatable bonds is 5. The first-order valence-electron chi connectivity index (χ1n) is 8.72. The van der Waals surface area contributed by atoms with Gasteiger partial charge in [0.15, 0.2) is 6.29 Å². The van der Waals surface area contributed by atoms with Crippen LogP contribution in [-0.4, -0.2) is 11.4 Å². The summed E-state index contributed by atoms with van der Waals surface area (Å²) in [4.78, 5) is 11.1. The molecule has 0 aliphatic carbocycles. The summed E-state index contributed by atoms with van der Waals surface area (Å²) in [5.41, 5.74) is 3.30. The molecule has 0 fully saturated rings. The number of hydrogen-bond donors (Lipinski definition) is 1. The van der Waals surface area contributed by atoms with E-state index in [1.807, 2.05) is 60.7 Å². The molecule has 0 heterocycles. The third kappa shape index (κ3) is 3.67. The average Bonchev–Trinajstić information content (AvgIpc) is 2.73. The highest BCUT2D eigenvalue weighted by atomic mass is 16.5. The lowest BCUT2D eigenvalue weighted by Gasteiger charge is -2.09. The molecule has 4 aromatic carbocycles. The lowest BCUT2D eigenvalue weighted by Crippen LogP contribution is -1.94. The maximum Gasteiger partial charge on any atom is 0.153 e. The number of phenolic OH excluding ortho intramolecular Hbond substituents is 1. The summed E-state index contributed by atoms with van der Waals surface area (Å²) in [6, 6.07) is 27.2. The molecule has 0 atom stereocenters. The van der Waals surface area contributed by atoms with Crippen molar-refractivity contribution in [2.45, 2.75) is 6.61 Å². The quantitative estimate of drug-likeness (QED) is 0.474. The van der Waals surface area contributed by atoms with Gasteiger partial charge in [0, 0.05) is 0 Å². The van der Waals surface area contributed by atoms with Crippen LogP contribution in [0.4, 0.5) is 0 Å². The maximum atomic E-state index is 11.1. The van der Waals surface area contributed by atoms with E-state index < -0.39 is 0 Å². The van der Waals surface area contributed by atoms with E-state index in [4.69, 9.17) is 4.74 Å². The zero-order chi connectivity index (χ0) is 18.6. The molecule has 0 amide bonds. The zero-order valence-corrected chi connectivity index (χ0v) is 14.6. The van der Waals surface area contributed by atoms with Crippen LogP contribution in [0.15, 0.2) is 84.9 Å². The van der Waals surface area contributed by atoms with Crippen LogP contribution in [0.2, 0.25) is 0 Å². The molecule has 0 aliphatic heterocycles. The number of ether oxygens (including phenoxy) is 1. The Bertz CT molecular complexity index is 1100. The number of aromatic hydroxyl groups is 1. The average molecular weight is 354 g/mol. The third-order valence-electron chi connectivity index (χ3n) is 4.55. The fourth-order valence-corrected chi connectivity index (χ4v) is 3.06. The van der Waals surface area contributed by atoms with Crippen LogP contribution in [0.3, 0.4) is 0 Å². The first-order valence-corrected chi connectivity index (χ1v) is 8.72. The Morgan fingerprint density at radius 1 is 0.778 bits per heavy atom. The van der Waals surface area contributed by atoms with Gasteiger partial charge in [-0.05, 0) is 57.8 Å². The largest absolute Gasteiger partial charge is 0.507 e. The standard InChI is InChI=1S/C24H18O3/c25-15-22-13-20(9-11-24(22)26)18-6-7-21-14-23(10-8-19(21)12-18)27-16-17-4-2-1-3-5-17/h1-15,26H,16H2. The van der Waals surface area contributed by atoms with Crippen molar-refractivity contribution < 1.29 is 14.6 Å². The lowest BCUT2D eigenvalue weighted by molar-refractivity contribution is 0.112. The van der Waals surface area contributed by atoms with Gasteiger partial charge in [-0.15, -0.1) is 0 Å². The molecule has 0 aromatic heterocycles. The van der Waals surface area contributed by atoms with Crippen molar-refractivity contribution in [3.63, 3.8) is 0 Å². The second-order valence-corrected chi connectivity index (χ2v) is 6.39. The van der Waals surface area contributed by atoms with E-state index >= 15 is 0 Å². The Labute approximate surface area is 157 Å². The number of phenols is 1. The summed E-state index contributed by atoms with van der Waals surface area (Å²) in [5.74, 6) is 0.821. The van der Waals surface area contributed by atoms with Crippen molar-refractivity contribution in [3.05, 3.63) is 96.1 Å². The van der Waals surface area contributed by atoms with E-state index in [2.05, 4.69) is 6.07 Å². The number of carbonyl (C=O) groups is 1. The molecule has 0 radical (unpaired) electrons. The van der Waals surface area contributed by atoms with Crippen LogP contribution < -0.4 is 4.74 Å². The smallest absolute Gasteiger partial charge is 0.153 e. The van der Waals surface area contributed by atoms with E-state index in [1.165, 1.54) is 0 Å². The molecular weight excluding hydrogens is 336 g/mol. The molecule has 1 N–H and O–H groups in total. The Balaban J connectivity index is 1.59. The number of fused-ring (bicyclic) bond motifs is 1. The van der Waals surface area contributed by atoms with Crippen LogP contribution in [0.1, 0.15) is 15.9 Å². The van der Waals surface area contributed by atoms with Crippen molar-refractivity contribution in [2.75, 3.05) is 0 Å². The molecule has 0 unspecified atom stereocenters. The predicted octanol–water partition coefficient (Wildman–Crippen LogP) is 5.60. The minimum Gasteiger partial charge on any atom is -0.507 e. The molecule has 0 saturated carbocycles. The molecule has 132 valence electrons. The minimum absolute atomic E-state index is 0.00486. The molecule has 0 saturated heterocycles. The molecule has 0 bridgehead atoms. The number of carbonyl (C=O) groups excluding carboxylic acids is 1. The highest BCUT2D eigenvalue weighted by molar-refractivity contribution is 5.89. The highest BCUT2D eigenvalue weighted by Gasteiger charge is 2.06. The van der Waals surface area contributed by atoms with E-state index in [0.29, 0.717) is 12.9 Å². The zero-order valence-electron chi connectivity index (χ0n) is 14.6. The Kier molecular flexibility index (Phi) is 4.58. The van der Waals surface area contributed by atoms with Gasteiger partial charge in [0.25, 0.3) is 0 Å². The van der Waals surface area contributed by atoms with Crippen LogP contribution in [0.25, 0.3) is 21.9 Å². The Morgan fingerprint density at radius 2 is 1.48 bits per heavy atom. The van der Waals surface area contributed by atoms with Crippen molar-refractivity contribution in [2.24, 2.45) is 0 Å². The van der Waals surface area contributed by atoms with Crippen LogP contribution in [-0.2, 0) is 6.61 Å². The normalized spacial score (nSPS) is 10.7. The van der Waals surface area contributed by atoms with Crippen molar-refractivity contribution in [3.8, 4) is 22.6 Å². The fraction of sp³-hybridized carbons (Fsp3) is 0.0417. The van der Waals surface area contributed by atoms with Crippen molar-refractivity contribution >= 4 is 17.1 Å². The molecule has 27 heavy (non-hydrogen) atoms. The summed E-state index contributed by atoms with van der Waals surface area (Å²) in [6.45, 7) is 0.534. The summed E-state index contributed by atoms with van der Waals surface area (Å²) in [6.07, 6.45) is 0.663. The summed E-state index contributed by atoms with van der Waals surface area (Å²) in [5, 5.41) is 11.8. The monoisotopic (exact) mass is 354 g/mol. The molecule has 4 aromatic rings. The SMILES string of the molecule is O=Cc1cc(-c2ccc3cc(OCc4ccccc4)ccc3c2)ccc1O. The van der Waals surface area contributed by atoms with Crippen LogP contribution in [0, 0.1) is 0 Å². The topological polar surface area (TPSA) is 46.5 Å².